The molecule has 0 saturated carbocycles. The topological polar surface area (TPSA) is 52.9 Å². The van der Waals surface area contributed by atoms with Gasteiger partial charge in [-0.3, -0.25) is 0 Å². The van der Waals surface area contributed by atoms with Crippen LogP contribution in [0, 0.1) is 0 Å². The summed E-state index contributed by atoms with van der Waals surface area (Å²) in [6, 6.07) is 7.88. The number of piperidine rings is 1. The van der Waals surface area contributed by atoms with Crippen molar-refractivity contribution in [2.24, 2.45) is 0 Å². The molecule has 2 rings (SSSR count). The Kier molecular flexibility index (Phi) is 5.63. The van der Waals surface area contributed by atoms with Crippen LogP contribution in [-0.2, 0) is 0 Å². The summed E-state index contributed by atoms with van der Waals surface area (Å²) >= 11 is 3.40. The van der Waals surface area contributed by atoms with Gasteiger partial charge in [-0.25, -0.2) is 0 Å². The van der Waals surface area contributed by atoms with E-state index in [9.17, 15) is 5.11 Å². The lowest BCUT2D eigenvalue weighted by Gasteiger charge is -2.33. The van der Waals surface area contributed by atoms with Gasteiger partial charge >= 0.3 is 0 Å². The second-order valence-electron chi connectivity index (χ2n) is 4.91. The third kappa shape index (κ3) is 4.76. The van der Waals surface area contributed by atoms with Crippen molar-refractivity contribution in [3.05, 3.63) is 28.7 Å². The average Bonchev–Trinajstić information content (AvgIpc) is 2.43. The summed E-state index contributed by atoms with van der Waals surface area (Å²) in [7, 11) is 0. The lowest BCUT2D eigenvalue weighted by atomic mass is 10.1. The van der Waals surface area contributed by atoms with Crippen LogP contribution in [0.1, 0.15) is 12.8 Å². The smallest absolute Gasteiger partial charge is 0.119 e. The Bertz CT molecular complexity index is 377. The minimum Gasteiger partial charge on any atom is -0.490 e. The van der Waals surface area contributed by atoms with Gasteiger partial charge in [-0.15, -0.1) is 0 Å². The normalized spacial score (nSPS) is 19.3. The minimum absolute atomic E-state index is 0.171. The van der Waals surface area contributed by atoms with Gasteiger partial charge in [-0.05, 0) is 37.1 Å². The van der Waals surface area contributed by atoms with E-state index in [4.69, 9.17) is 9.84 Å². The Morgan fingerprint density at radius 2 is 1.89 bits per heavy atom. The van der Waals surface area contributed by atoms with Crippen molar-refractivity contribution in [3.63, 3.8) is 0 Å². The first-order valence-corrected chi connectivity index (χ1v) is 7.40. The van der Waals surface area contributed by atoms with E-state index in [0.29, 0.717) is 6.54 Å². The van der Waals surface area contributed by atoms with E-state index in [1.165, 1.54) is 0 Å². The van der Waals surface area contributed by atoms with Gasteiger partial charge in [0.1, 0.15) is 11.9 Å². The van der Waals surface area contributed by atoms with Crippen molar-refractivity contribution >= 4 is 15.9 Å². The first-order chi connectivity index (χ1) is 9.17. The number of hydrogen-bond donors (Lipinski definition) is 2. The molecule has 1 atom stereocenters. The fourth-order valence-electron chi connectivity index (χ4n) is 2.27. The second-order valence-corrected chi connectivity index (χ2v) is 5.82. The van der Waals surface area contributed by atoms with Crippen LogP contribution < -0.4 is 4.74 Å². The fraction of sp³-hybridized carbons (Fsp3) is 0.571. The summed E-state index contributed by atoms with van der Waals surface area (Å²) < 4.78 is 6.98. The molecule has 19 heavy (non-hydrogen) atoms. The highest BCUT2D eigenvalue weighted by Crippen LogP contribution is 2.21. The number of nitrogens with zero attached hydrogens (tertiary/aromatic N) is 1. The number of ether oxygens (including phenoxy) is 1. The molecule has 1 aromatic carbocycles. The SMILES string of the molecule is OCC(O)CN1CCC(Oc2ccc(Br)cc2)CC1. The number of halogens is 1. The number of β-amino-alcohol motifs (C(OH)–C–C–N with tert-alkyl or cyclic N) is 1. The minimum atomic E-state index is -0.635. The zero-order valence-corrected chi connectivity index (χ0v) is 12.4. The molecule has 1 unspecified atom stereocenters. The molecule has 0 spiro atoms. The van der Waals surface area contributed by atoms with Crippen molar-refractivity contribution in [1.82, 2.24) is 4.90 Å². The Morgan fingerprint density at radius 3 is 2.47 bits per heavy atom. The number of benzene rings is 1. The largest absolute Gasteiger partial charge is 0.490 e. The van der Waals surface area contributed by atoms with Gasteiger partial charge < -0.3 is 19.8 Å². The maximum Gasteiger partial charge on any atom is 0.119 e. The van der Waals surface area contributed by atoms with Crippen molar-refractivity contribution in [3.8, 4) is 5.75 Å². The van der Waals surface area contributed by atoms with Crippen LogP contribution in [0.4, 0.5) is 0 Å². The van der Waals surface area contributed by atoms with Crippen molar-refractivity contribution in [2.75, 3.05) is 26.2 Å². The van der Waals surface area contributed by atoms with Gasteiger partial charge in [-0.1, -0.05) is 15.9 Å². The molecule has 1 fully saturated rings. The molecular formula is C14H20BrNO3. The van der Waals surface area contributed by atoms with Crippen molar-refractivity contribution in [2.45, 2.75) is 25.0 Å². The summed E-state index contributed by atoms with van der Waals surface area (Å²) in [4.78, 5) is 2.17. The lowest BCUT2D eigenvalue weighted by molar-refractivity contribution is 0.0346. The number of hydrogen-bond acceptors (Lipinski definition) is 4. The zero-order chi connectivity index (χ0) is 13.7. The summed E-state index contributed by atoms with van der Waals surface area (Å²) in [6.07, 6.45) is 1.51. The van der Waals surface area contributed by atoms with E-state index in [2.05, 4.69) is 20.8 Å². The molecule has 2 N–H and O–H groups in total. The molecule has 5 heteroatoms. The van der Waals surface area contributed by atoms with E-state index in [1.807, 2.05) is 24.3 Å². The van der Waals surface area contributed by atoms with Gasteiger partial charge in [0.25, 0.3) is 0 Å². The Labute approximate surface area is 122 Å². The molecule has 1 heterocycles. The predicted molar refractivity (Wildman–Crippen MR) is 77.3 cm³/mol. The summed E-state index contributed by atoms with van der Waals surface area (Å²) in [5.41, 5.74) is 0. The number of rotatable bonds is 5. The summed E-state index contributed by atoms with van der Waals surface area (Å²) in [6.45, 7) is 2.17. The maximum atomic E-state index is 9.41. The average molecular weight is 330 g/mol. The number of aliphatic hydroxyl groups is 2. The van der Waals surface area contributed by atoms with E-state index in [1.54, 1.807) is 0 Å². The van der Waals surface area contributed by atoms with E-state index < -0.39 is 6.10 Å². The van der Waals surface area contributed by atoms with Crippen molar-refractivity contribution < 1.29 is 14.9 Å². The van der Waals surface area contributed by atoms with Crippen LogP contribution in [0.25, 0.3) is 0 Å². The van der Waals surface area contributed by atoms with Crippen LogP contribution in [0.5, 0.6) is 5.75 Å². The lowest BCUT2D eigenvalue weighted by Crippen LogP contribution is -2.42. The molecule has 1 saturated heterocycles. The Hall–Kier alpha value is -0.620. The molecule has 1 aromatic rings. The molecule has 106 valence electrons. The third-order valence-electron chi connectivity index (χ3n) is 3.33. The molecule has 0 amide bonds. The second kappa shape index (κ2) is 7.24. The molecule has 1 aliphatic rings. The standard InChI is InChI=1S/C14H20BrNO3/c15-11-1-3-13(4-2-11)19-14-5-7-16(8-6-14)9-12(18)10-17/h1-4,12,14,17-18H,5-10H2. The van der Waals surface area contributed by atoms with Crippen LogP contribution in [-0.4, -0.2) is 53.6 Å². The highest BCUT2D eigenvalue weighted by Gasteiger charge is 2.21. The summed E-state index contributed by atoms with van der Waals surface area (Å²) in [5.74, 6) is 0.900. The summed E-state index contributed by atoms with van der Waals surface area (Å²) in [5, 5.41) is 18.2. The molecule has 0 bridgehead atoms. The maximum absolute atomic E-state index is 9.41. The number of likely N-dealkylation sites (tertiary alicyclic amines) is 1. The van der Waals surface area contributed by atoms with E-state index in [0.717, 1.165) is 36.2 Å². The van der Waals surface area contributed by atoms with Crippen LogP contribution in [0.2, 0.25) is 0 Å². The van der Waals surface area contributed by atoms with Crippen LogP contribution in [0.15, 0.2) is 28.7 Å². The first kappa shape index (κ1) is 14.8. The molecular weight excluding hydrogens is 310 g/mol. The molecule has 0 aliphatic carbocycles. The van der Waals surface area contributed by atoms with Gasteiger partial charge in [-0.2, -0.15) is 0 Å². The van der Waals surface area contributed by atoms with Crippen LogP contribution in [0.3, 0.4) is 0 Å². The molecule has 0 radical (unpaired) electrons. The zero-order valence-electron chi connectivity index (χ0n) is 10.8. The first-order valence-electron chi connectivity index (χ1n) is 6.61. The van der Waals surface area contributed by atoms with Gasteiger partial charge in [0.15, 0.2) is 0 Å². The van der Waals surface area contributed by atoms with Gasteiger partial charge in [0.05, 0.1) is 12.7 Å². The molecule has 1 aliphatic heterocycles. The van der Waals surface area contributed by atoms with Gasteiger partial charge in [0, 0.05) is 24.1 Å². The highest BCUT2D eigenvalue weighted by atomic mass is 79.9. The number of aliphatic hydroxyl groups excluding tert-OH is 2. The van der Waals surface area contributed by atoms with Crippen molar-refractivity contribution in [1.29, 1.82) is 0 Å². The predicted octanol–water partition coefficient (Wildman–Crippen LogP) is 1.65. The van der Waals surface area contributed by atoms with E-state index >= 15 is 0 Å². The Morgan fingerprint density at radius 1 is 1.26 bits per heavy atom. The highest BCUT2D eigenvalue weighted by molar-refractivity contribution is 9.10. The monoisotopic (exact) mass is 329 g/mol. The van der Waals surface area contributed by atoms with Gasteiger partial charge in [0.2, 0.25) is 0 Å². The fourth-order valence-corrected chi connectivity index (χ4v) is 2.54. The van der Waals surface area contributed by atoms with E-state index in [-0.39, 0.29) is 12.7 Å². The Balaban J connectivity index is 1.75. The quantitative estimate of drug-likeness (QED) is 0.862. The van der Waals surface area contributed by atoms with Crippen LogP contribution >= 0.6 is 15.9 Å². The molecule has 0 aromatic heterocycles. The molecule has 4 nitrogen and oxygen atoms in total. The third-order valence-corrected chi connectivity index (χ3v) is 3.86.